The van der Waals surface area contributed by atoms with Gasteiger partial charge in [-0.3, -0.25) is 4.79 Å². The standard InChI is InChI=1S/C14H16FNO2/c1-18-13(17)12-7-16-8-14(12)5-4-9-6-10(15)2-3-11(9)14/h2-3,6,12,16H,4-5,7-8H2,1H3. The van der Waals surface area contributed by atoms with E-state index in [1.165, 1.54) is 13.2 Å². The minimum absolute atomic E-state index is 0.158. The van der Waals surface area contributed by atoms with Crippen LogP contribution in [0.25, 0.3) is 0 Å². The number of methoxy groups -OCH3 is 1. The fraction of sp³-hybridized carbons (Fsp3) is 0.500. The molecular formula is C14H16FNO2. The normalized spacial score (nSPS) is 29.6. The molecule has 1 aliphatic heterocycles. The lowest BCUT2D eigenvalue weighted by molar-refractivity contribution is -0.146. The molecule has 2 atom stereocenters. The van der Waals surface area contributed by atoms with Crippen LogP contribution in [-0.2, 0) is 21.4 Å². The van der Waals surface area contributed by atoms with E-state index < -0.39 is 0 Å². The van der Waals surface area contributed by atoms with Gasteiger partial charge in [-0.25, -0.2) is 4.39 Å². The molecule has 2 aliphatic rings. The summed E-state index contributed by atoms with van der Waals surface area (Å²) in [5.74, 6) is -0.530. The molecular weight excluding hydrogens is 233 g/mol. The van der Waals surface area contributed by atoms with Gasteiger partial charge in [0.1, 0.15) is 5.82 Å². The second-order valence-electron chi connectivity index (χ2n) is 5.16. The number of carbonyl (C=O) groups is 1. The van der Waals surface area contributed by atoms with Gasteiger partial charge in [0, 0.05) is 18.5 Å². The maximum atomic E-state index is 13.3. The third-order valence-corrected chi connectivity index (χ3v) is 4.39. The van der Waals surface area contributed by atoms with Crippen molar-refractivity contribution >= 4 is 5.97 Å². The number of nitrogens with one attached hydrogen (secondary N) is 1. The minimum atomic E-state index is -0.202. The van der Waals surface area contributed by atoms with Gasteiger partial charge in [-0.1, -0.05) is 6.07 Å². The predicted molar refractivity (Wildman–Crippen MR) is 64.8 cm³/mol. The van der Waals surface area contributed by atoms with Gasteiger partial charge in [0.15, 0.2) is 0 Å². The molecule has 1 fully saturated rings. The first kappa shape index (κ1) is 11.7. The Hall–Kier alpha value is -1.42. The molecule has 96 valence electrons. The van der Waals surface area contributed by atoms with Crippen molar-refractivity contribution in [1.29, 1.82) is 0 Å². The Morgan fingerprint density at radius 1 is 1.56 bits per heavy atom. The van der Waals surface area contributed by atoms with Crippen molar-refractivity contribution in [3.63, 3.8) is 0 Å². The summed E-state index contributed by atoms with van der Waals surface area (Å²) in [6.07, 6.45) is 1.72. The zero-order valence-corrected chi connectivity index (χ0v) is 10.3. The molecule has 1 aromatic rings. The van der Waals surface area contributed by atoms with Gasteiger partial charge < -0.3 is 10.1 Å². The van der Waals surface area contributed by atoms with Gasteiger partial charge >= 0.3 is 5.97 Å². The van der Waals surface area contributed by atoms with Gasteiger partial charge in [0.25, 0.3) is 0 Å². The Balaban J connectivity index is 2.05. The summed E-state index contributed by atoms with van der Waals surface area (Å²) < 4.78 is 18.2. The van der Waals surface area contributed by atoms with Crippen LogP contribution in [0.2, 0.25) is 0 Å². The largest absolute Gasteiger partial charge is 0.469 e. The van der Waals surface area contributed by atoms with Gasteiger partial charge in [-0.05, 0) is 36.1 Å². The lowest BCUT2D eigenvalue weighted by Gasteiger charge is -2.29. The molecule has 0 saturated carbocycles. The van der Waals surface area contributed by atoms with Crippen LogP contribution < -0.4 is 5.32 Å². The van der Waals surface area contributed by atoms with Gasteiger partial charge in [0.2, 0.25) is 0 Å². The van der Waals surface area contributed by atoms with Gasteiger partial charge in [0.05, 0.1) is 13.0 Å². The van der Waals surface area contributed by atoms with Crippen molar-refractivity contribution in [2.45, 2.75) is 18.3 Å². The van der Waals surface area contributed by atoms with Crippen LogP contribution in [0.4, 0.5) is 4.39 Å². The molecule has 0 radical (unpaired) electrons. The number of rotatable bonds is 1. The van der Waals surface area contributed by atoms with E-state index in [0.717, 1.165) is 30.5 Å². The molecule has 0 aromatic heterocycles. The average Bonchev–Trinajstić information content (AvgIpc) is 2.95. The number of aryl methyl sites for hydroxylation is 1. The molecule has 1 N–H and O–H groups in total. The molecule has 3 rings (SSSR count). The summed E-state index contributed by atoms with van der Waals surface area (Å²) in [5, 5.41) is 3.28. The van der Waals surface area contributed by atoms with Crippen molar-refractivity contribution in [3.8, 4) is 0 Å². The van der Waals surface area contributed by atoms with Crippen LogP contribution in [0.5, 0.6) is 0 Å². The Bertz CT molecular complexity index is 503. The Kier molecular flexibility index (Phi) is 2.63. The molecule has 0 amide bonds. The third-order valence-electron chi connectivity index (χ3n) is 4.39. The molecule has 18 heavy (non-hydrogen) atoms. The quantitative estimate of drug-likeness (QED) is 0.765. The van der Waals surface area contributed by atoms with E-state index in [4.69, 9.17) is 4.74 Å². The number of esters is 1. The smallest absolute Gasteiger partial charge is 0.310 e. The van der Waals surface area contributed by atoms with E-state index >= 15 is 0 Å². The molecule has 1 aromatic carbocycles. The summed E-state index contributed by atoms with van der Waals surface area (Å²) >= 11 is 0. The SMILES string of the molecule is COC(=O)C1CNCC12CCc1cc(F)ccc12. The first-order valence-electron chi connectivity index (χ1n) is 6.25. The second kappa shape index (κ2) is 4.05. The summed E-state index contributed by atoms with van der Waals surface area (Å²) in [4.78, 5) is 11.9. The zero-order valence-electron chi connectivity index (χ0n) is 10.3. The fourth-order valence-corrected chi connectivity index (χ4v) is 3.50. The maximum Gasteiger partial charge on any atom is 0.310 e. The third kappa shape index (κ3) is 1.48. The van der Waals surface area contributed by atoms with Crippen molar-refractivity contribution in [1.82, 2.24) is 5.32 Å². The number of halogens is 1. The first-order valence-corrected chi connectivity index (χ1v) is 6.25. The van der Waals surface area contributed by atoms with Crippen LogP contribution in [0, 0.1) is 11.7 Å². The van der Waals surface area contributed by atoms with Crippen LogP contribution in [-0.4, -0.2) is 26.2 Å². The number of hydrogen-bond donors (Lipinski definition) is 1. The number of benzene rings is 1. The lowest BCUT2D eigenvalue weighted by atomic mass is 9.73. The molecule has 1 saturated heterocycles. The Labute approximate surface area is 105 Å². The number of fused-ring (bicyclic) bond motifs is 2. The van der Waals surface area contributed by atoms with Crippen LogP contribution >= 0.6 is 0 Å². The van der Waals surface area contributed by atoms with E-state index in [0.29, 0.717) is 6.54 Å². The molecule has 1 aliphatic carbocycles. The van der Waals surface area contributed by atoms with E-state index in [1.807, 2.05) is 6.07 Å². The van der Waals surface area contributed by atoms with E-state index in [2.05, 4.69) is 5.32 Å². The highest BCUT2D eigenvalue weighted by Crippen LogP contribution is 2.46. The predicted octanol–water partition coefficient (Wildman–Crippen LogP) is 1.40. The molecule has 1 heterocycles. The first-order chi connectivity index (χ1) is 8.67. The summed E-state index contributed by atoms with van der Waals surface area (Å²) in [7, 11) is 1.43. The molecule has 4 heteroatoms. The van der Waals surface area contributed by atoms with Gasteiger partial charge in [-0.15, -0.1) is 0 Å². The number of ether oxygens (including phenoxy) is 1. The number of hydrogen-bond acceptors (Lipinski definition) is 3. The zero-order chi connectivity index (χ0) is 12.8. The van der Waals surface area contributed by atoms with Crippen molar-refractivity contribution in [2.75, 3.05) is 20.2 Å². The topological polar surface area (TPSA) is 38.3 Å². The molecule has 1 spiro atoms. The summed E-state index contributed by atoms with van der Waals surface area (Å²) in [6.45, 7) is 1.41. The fourth-order valence-electron chi connectivity index (χ4n) is 3.50. The Morgan fingerprint density at radius 3 is 3.17 bits per heavy atom. The second-order valence-corrected chi connectivity index (χ2v) is 5.16. The maximum absolute atomic E-state index is 13.3. The summed E-state index contributed by atoms with van der Waals surface area (Å²) in [5.41, 5.74) is 1.95. The van der Waals surface area contributed by atoms with Crippen LogP contribution in [0.3, 0.4) is 0 Å². The van der Waals surface area contributed by atoms with Gasteiger partial charge in [-0.2, -0.15) is 0 Å². The van der Waals surface area contributed by atoms with E-state index in [1.54, 1.807) is 6.07 Å². The molecule has 3 nitrogen and oxygen atoms in total. The summed E-state index contributed by atoms with van der Waals surface area (Å²) in [6, 6.07) is 4.91. The van der Waals surface area contributed by atoms with Crippen molar-refractivity contribution < 1.29 is 13.9 Å². The highest BCUT2D eigenvalue weighted by Gasteiger charge is 2.51. The highest BCUT2D eigenvalue weighted by molar-refractivity contribution is 5.76. The van der Waals surface area contributed by atoms with Crippen molar-refractivity contribution in [2.24, 2.45) is 5.92 Å². The molecule has 2 unspecified atom stereocenters. The van der Waals surface area contributed by atoms with Crippen LogP contribution in [0.1, 0.15) is 17.5 Å². The average molecular weight is 249 g/mol. The lowest BCUT2D eigenvalue weighted by Crippen LogP contribution is -2.37. The monoisotopic (exact) mass is 249 g/mol. The van der Waals surface area contributed by atoms with E-state index in [9.17, 15) is 9.18 Å². The highest BCUT2D eigenvalue weighted by atomic mass is 19.1. The molecule has 0 bridgehead atoms. The number of carbonyl (C=O) groups excluding carboxylic acids is 1. The van der Waals surface area contributed by atoms with Crippen molar-refractivity contribution in [3.05, 3.63) is 35.1 Å². The Morgan fingerprint density at radius 2 is 2.39 bits per heavy atom. The minimum Gasteiger partial charge on any atom is -0.469 e. The van der Waals surface area contributed by atoms with E-state index in [-0.39, 0.29) is 23.1 Å². The van der Waals surface area contributed by atoms with Crippen LogP contribution in [0.15, 0.2) is 18.2 Å².